The summed E-state index contributed by atoms with van der Waals surface area (Å²) in [5.74, 6) is 0.482. The summed E-state index contributed by atoms with van der Waals surface area (Å²) in [5, 5.41) is 10.2. The van der Waals surface area contributed by atoms with Crippen molar-refractivity contribution in [2.24, 2.45) is 0 Å². The number of amides is 1. The second-order valence-electron chi connectivity index (χ2n) is 6.33. The summed E-state index contributed by atoms with van der Waals surface area (Å²) in [6.45, 7) is 3.89. The molecule has 0 radical (unpaired) electrons. The van der Waals surface area contributed by atoms with Crippen LogP contribution < -0.4 is 5.32 Å². The highest BCUT2D eigenvalue weighted by Crippen LogP contribution is 2.26. The molecule has 4 aromatic rings. The zero-order valence-electron chi connectivity index (χ0n) is 15.3. The molecule has 1 amide bonds. The number of thiazole rings is 1. The van der Waals surface area contributed by atoms with Crippen LogP contribution in [0.15, 0.2) is 36.0 Å². The highest BCUT2D eigenvalue weighted by molar-refractivity contribution is 7.14. The van der Waals surface area contributed by atoms with Crippen molar-refractivity contribution >= 4 is 39.8 Å². The number of aryl methyl sites for hydroxylation is 2. The fourth-order valence-electron chi connectivity index (χ4n) is 3.02. The van der Waals surface area contributed by atoms with Gasteiger partial charge in [0.15, 0.2) is 5.13 Å². The molecule has 1 N–H and O–H groups in total. The van der Waals surface area contributed by atoms with Crippen LogP contribution in [-0.4, -0.2) is 30.5 Å². The molecule has 0 unspecified atom stereocenters. The number of aromatic nitrogens is 5. The van der Waals surface area contributed by atoms with Crippen molar-refractivity contribution in [3.05, 3.63) is 57.9 Å². The third kappa shape index (κ3) is 3.74. The quantitative estimate of drug-likeness (QED) is 0.533. The van der Waals surface area contributed by atoms with Crippen molar-refractivity contribution < 1.29 is 4.79 Å². The van der Waals surface area contributed by atoms with Crippen LogP contribution in [-0.2, 0) is 11.2 Å². The summed E-state index contributed by atoms with van der Waals surface area (Å²) in [6, 6.07) is 7.45. The van der Waals surface area contributed by atoms with Gasteiger partial charge in [-0.25, -0.2) is 14.5 Å². The molecule has 1 aromatic carbocycles. The van der Waals surface area contributed by atoms with Crippen LogP contribution in [0.5, 0.6) is 0 Å². The van der Waals surface area contributed by atoms with Crippen molar-refractivity contribution in [1.29, 1.82) is 0 Å². The zero-order chi connectivity index (χ0) is 19.7. The van der Waals surface area contributed by atoms with Crippen LogP contribution in [0.4, 0.5) is 5.13 Å². The molecule has 0 fully saturated rings. The van der Waals surface area contributed by atoms with E-state index in [1.165, 1.54) is 17.7 Å². The average Bonchev–Trinajstić information content (AvgIpc) is 3.31. The molecular formula is C19H17ClN6OS. The molecule has 0 saturated heterocycles. The van der Waals surface area contributed by atoms with Gasteiger partial charge in [0, 0.05) is 33.8 Å². The first-order chi connectivity index (χ1) is 13.5. The zero-order valence-corrected chi connectivity index (χ0v) is 16.9. The minimum absolute atomic E-state index is 0.0884. The number of hydrogen-bond donors (Lipinski definition) is 1. The van der Waals surface area contributed by atoms with E-state index in [0.29, 0.717) is 28.8 Å². The van der Waals surface area contributed by atoms with Crippen LogP contribution in [0.3, 0.4) is 0 Å². The lowest BCUT2D eigenvalue weighted by Crippen LogP contribution is -2.14. The van der Waals surface area contributed by atoms with Gasteiger partial charge >= 0.3 is 0 Å². The number of nitrogens with one attached hydrogen (secondary N) is 1. The summed E-state index contributed by atoms with van der Waals surface area (Å²) in [7, 11) is 0. The number of fused-ring (bicyclic) bond motifs is 1. The fourth-order valence-corrected chi connectivity index (χ4v) is 3.88. The Kier molecular flexibility index (Phi) is 5.06. The molecule has 0 aliphatic rings. The van der Waals surface area contributed by atoms with Crippen LogP contribution in [0.1, 0.15) is 23.4 Å². The van der Waals surface area contributed by atoms with Gasteiger partial charge in [-0.3, -0.25) is 4.79 Å². The number of halogens is 1. The number of hydrogen-bond acceptors (Lipinski definition) is 6. The van der Waals surface area contributed by atoms with Crippen LogP contribution in [0.25, 0.3) is 17.0 Å². The number of carbonyl (C=O) groups is 1. The number of benzene rings is 1. The number of anilines is 1. The Hall–Kier alpha value is -2.84. The second-order valence-corrected chi connectivity index (χ2v) is 7.62. The smallest absolute Gasteiger partial charge is 0.252 e. The highest BCUT2D eigenvalue weighted by atomic mass is 35.5. The van der Waals surface area contributed by atoms with E-state index in [9.17, 15) is 4.79 Å². The van der Waals surface area contributed by atoms with Gasteiger partial charge in [0.25, 0.3) is 5.78 Å². The minimum atomic E-state index is -0.0884. The fraction of sp³-hybridized carbons (Fsp3) is 0.211. The molecule has 3 aromatic heterocycles. The maximum Gasteiger partial charge on any atom is 0.252 e. The van der Waals surface area contributed by atoms with Gasteiger partial charge in [0.05, 0.1) is 5.69 Å². The number of carbonyl (C=O) groups excluding carboxylic acids is 1. The summed E-state index contributed by atoms with van der Waals surface area (Å²) < 4.78 is 1.69. The maximum absolute atomic E-state index is 12.4. The van der Waals surface area contributed by atoms with E-state index in [-0.39, 0.29) is 5.91 Å². The van der Waals surface area contributed by atoms with Crippen molar-refractivity contribution in [3.63, 3.8) is 0 Å². The molecule has 0 spiro atoms. The van der Waals surface area contributed by atoms with Crippen molar-refractivity contribution in [2.45, 2.75) is 26.7 Å². The standard InChI is InChI=1S/C19H17ClN6OS/c1-11-15(12(2)26-18(23-11)21-10-22-26)7-8-17(27)25-19-24-16(9-28-19)13-3-5-14(20)6-4-13/h3-6,9-10H,7-8H2,1-2H3,(H,24,25,27). The first kappa shape index (κ1) is 18.5. The van der Waals surface area contributed by atoms with Gasteiger partial charge in [-0.05, 0) is 38.0 Å². The molecule has 4 rings (SSSR count). The summed E-state index contributed by atoms with van der Waals surface area (Å²) in [6.07, 6.45) is 2.38. The van der Waals surface area contributed by atoms with E-state index >= 15 is 0 Å². The third-order valence-electron chi connectivity index (χ3n) is 4.48. The predicted octanol–water partition coefficient (Wildman–Crippen LogP) is 4.09. The lowest BCUT2D eigenvalue weighted by Gasteiger charge is -2.10. The molecule has 9 heteroatoms. The highest BCUT2D eigenvalue weighted by Gasteiger charge is 2.13. The topological polar surface area (TPSA) is 85.1 Å². The summed E-state index contributed by atoms with van der Waals surface area (Å²) >= 11 is 7.32. The van der Waals surface area contributed by atoms with E-state index < -0.39 is 0 Å². The van der Waals surface area contributed by atoms with E-state index in [4.69, 9.17) is 11.6 Å². The van der Waals surface area contributed by atoms with Crippen molar-refractivity contribution in [1.82, 2.24) is 24.6 Å². The van der Waals surface area contributed by atoms with Gasteiger partial charge in [0.2, 0.25) is 5.91 Å². The Labute approximate surface area is 170 Å². The molecule has 0 aliphatic carbocycles. The van der Waals surface area contributed by atoms with Crippen LogP contribution in [0, 0.1) is 13.8 Å². The summed E-state index contributed by atoms with van der Waals surface area (Å²) in [4.78, 5) is 25.4. The van der Waals surface area contributed by atoms with Crippen molar-refractivity contribution in [2.75, 3.05) is 5.32 Å². The van der Waals surface area contributed by atoms with Gasteiger partial charge in [-0.2, -0.15) is 10.1 Å². The molecule has 0 atom stereocenters. The molecule has 28 heavy (non-hydrogen) atoms. The minimum Gasteiger partial charge on any atom is -0.302 e. The van der Waals surface area contributed by atoms with Gasteiger partial charge in [0.1, 0.15) is 6.33 Å². The number of rotatable bonds is 5. The van der Waals surface area contributed by atoms with E-state index in [1.807, 2.05) is 43.5 Å². The SMILES string of the molecule is Cc1nc2ncnn2c(C)c1CCC(=O)Nc1nc(-c2ccc(Cl)cc2)cs1. The number of nitrogens with zero attached hydrogens (tertiary/aromatic N) is 5. The van der Waals surface area contributed by atoms with E-state index in [1.54, 1.807) is 4.52 Å². The third-order valence-corrected chi connectivity index (χ3v) is 5.49. The van der Waals surface area contributed by atoms with Crippen molar-refractivity contribution in [3.8, 4) is 11.3 Å². The molecule has 0 saturated carbocycles. The monoisotopic (exact) mass is 412 g/mol. The molecule has 3 heterocycles. The Morgan fingerprint density at radius 3 is 2.79 bits per heavy atom. The van der Waals surface area contributed by atoms with Crippen LogP contribution >= 0.6 is 22.9 Å². The largest absolute Gasteiger partial charge is 0.302 e. The average molecular weight is 413 g/mol. The van der Waals surface area contributed by atoms with E-state index in [0.717, 1.165) is 28.2 Å². The Morgan fingerprint density at radius 1 is 1.21 bits per heavy atom. The molecule has 0 aliphatic heterocycles. The van der Waals surface area contributed by atoms with Crippen LogP contribution in [0.2, 0.25) is 5.02 Å². The Morgan fingerprint density at radius 2 is 2.00 bits per heavy atom. The summed E-state index contributed by atoms with van der Waals surface area (Å²) in [5.41, 5.74) is 4.59. The maximum atomic E-state index is 12.4. The molecular weight excluding hydrogens is 396 g/mol. The van der Waals surface area contributed by atoms with Gasteiger partial charge < -0.3 is 5.32 Å². The lowest BCUT2D eigenvalue weighted by molar-refractivity contribution is -0.116. The molecule has 0 bridgehead atoms. The molecule has 142 valence electrons. The first-order valence-corrected chi connectivity index (χ1v) is 9.94. The lowest BCUT2D eigenvalue weighted by atomic mass is 10.1. The predicted molar refractivity (Wildman–Crippen MR) is 110 cm³/mol. The van der Waals surface area contributed by atoms with Gasteiger partial charge in [-0.15, -0.1) is 11.3 Å². The normalized spacial score (nSPS) is 11.1. The van der Waals surface area contributed by atoms with Gasteiger partial charge in [-0.1, -0.05) is 23.7 Å². The first-order valence-electron chi connectivity index (χ1n) is 8.68. The Bertz CT molecular complexity index is 1150. The second kappa shape index (κ2) is 7.65. The Balaban J connectivity index is 1.42. The van der Waals surface area contributed by atoms with E-state index in [2.05, 4.69) is 25.4 Å². The molecule has 7 nitrogen and oxygen atoms in total.